The molecule has 1 aromatic rings. The summed E-state index contributed by atoms with van der Waals surface area (Å²) in [6.45, 7) is 4.20. The van der Waals surface area contributed by atoms with Crippen LogP contribution in [0.4, 0.5) is 5.69 Å². The van der Waals surface area contributed by atoms with E-state index in [1.165, 1.54) is 11.1 Å². The van der Waals surface area contributed by atoms with Crippen LogP contribution in [-0.2, 0) is 0 Å². The van der Waals surface area contributed by atoms with Gasteiger partial charge in [0.05, 0.1) is 0 Å². The van der Waals surface area contributed by atoms with Crippen molar-refractivity contribution in [2.24, 2.45) is 0 Å². The van der Waals surface area contributed by atoms with Gasteiger partial charge in [0.1, 0.15) is 0 Å². The van der Waals surface area contributed by atoms with Crippen molar-refractivity contribution in [3.63, 3.8) is 0 Å². The first-order valence-electron chi connectivity index (χ1n) is 5.53. The molecule has 0 fully saturated rings. The fraction of sp³-hybridized carbons (Fsp3) is 0.286. The maximum Gasteiger partial charge on any atom is 0.0417 e. The molecule has 2 heteroatoms. The van der Waals surface area contributed by atoms with E-state index in [1.54, 1.807) is 0 Å². The van der Waals surface area contributed by atoms with Crippen molar-refractivity contribution in [1.82, 2.24) is 0 Å². The van der Waals surface area contributed by atoms with Crippen molar-refractivity contribution in [2.45, 2.75) is 20.3 Å². The van der Waals surface area contributed by atoms with E-state index in [9.17, 15) is 0 Å². The predicted molar refractivity (Wildman–Crippen MR) is 76.8 cm³/mol. The van der Waals surface area contributed by atoms with E-state index in [0.29, 0.717) is 0 Å². The lowest BCUT2D eigenvalue weighted by molar-refractivity contribution is 1.23. The second kappa shape index (κ2) is 6.54. The largest absolute Gasteiger partial charge is 0.388 e. The molecule has 0 aliphatic rings. The van der Waals surface area contributed by atoms with E-state index in [-0.39, 0.29) is 0 Å². The number of nitrogens with one attached hydrogen (secondary N) is 1. The summed E-state index contributed by atoms with van der Waals surface area (Å²) in [6.07, 6.45) is 7.49. The third-order valence-electron chi connectivity index (χ3n) is 2.33. The summed E-state index contributed by atoms with van der Waals surface area (Å²) in [7, 11) is 1.95. The fourth-order valence-electron chi connectivity index (χ4n) is 1.64. The predicted octanol–water partition coefficient (Wildman–Crippen LogP) is 4.86. The molecule has 0 bridgehead atoms. The Kier molecular flexibility index (Phi) is 5.33. The molecule has 0 saturated heterocycles. The van der Waals surface area contributed by atoms with Crippen LogP contribution < -0.4 is 5.32 Å². The third kappa shape index (κ3) is 3.24. The first-order chi connectivity index (χ1) is 7.72. The number of benzene rings is 1. The maximum absolute atomic E-state index is 3.52. The zero-order valence-corrected chi connectivity index (χ0v) is 11.6. The SMILES string of the molecule is C/C=C\C(=C/CC)c1cc(Br)ccc1NC. The number of halogens is 1. The Labute approximate surface area is 106 Å². The average Bonchev–Trinajstić information content (AvgIpc) is 2.29. The van der Waals surface area contributed by atoms with Crippen LogP contribution in [0, 0.1) is 0 Å². The lowest BCUT2D eigenvalue weighted by Gasteiger charge is -2.10. The van der Waals surface area contributed by atoms with Gasteiger partial charge in [-0.15, -0.1) is 0 Å². The number of hydrogen-bond donors (Lipinski definition) is 1. The first kappa shape index (κ1) is 13.0. The number of anilines is 1. The molecule has 0 amide bonds. The van der Waals surface area contributed by atoms with Crippen molar-refractivity contribution < 1.29 is 0 Å². The van der Waals surface area contributed by atoms with Crippen LogP contribution in [-0.4, -0.2) is 7.05 Å². The summed E-state index contributed by atoms with van der Waals surface area (Å²) in [5, 5.41) is 3.22. The molecule has 0 spiro atoms. The van der Waals surface area contributed by atoms with E-state index in [4.69, 9.17) is 0 Å². The highest BCUT2D eigenvalue weighted by Gasteiger charge is 2.04. The van der Waals surface area contributed by atoms with Gasteiger partial charge in [-0.05, 0) is 37.1 Å². The summed E-state index contributed by atoms with van der Waals surface area (Å²) < 4.78 is 1.10. The van der Waals surface area contributed by atoms with Gasteiger partial charge in [-0.25, -0.2) is 0 Å². The molecule has 0 aromatic heterocycles. The molecule has 0 saturated carbocycles. The standard InChI is InChI=1S/C14H18BrN/c1-4-6-11(7-5-2)13-10-12(15)8-9-14(13)16-3/h4,6-10,16H,5H2,1-3H3/b6-4-,11-7+. The zero-order chi connectivity index (χ0) is 12.0. The van der Waals surface area contributed by atoms with Gasteiger partial charge in [-0.1, -0.05) is 41.1 Å². The number of hydrogen-bond acceptors (Lipinski definition) is 1. The highest BCUT2D eigenvalue weighted by atomic mass is 79.9. The second-order valence-electron chi connectivity index (χ2n) is 3.51. The Morgan fingerprint density at radius 2 is 2.19 bits per heavy atom. The summed E-state index contributed by atoms with van der Waals surface area (Å²) in [4.78, 5) is 0. The Morgan fingerprint density at radius 3 is 2.75 bits per heavy atom. The third-order valence-corrected chi connectivity index (χ3v) is 2.83. The second-order valence-corrected chi connectivity index (χ2v) is 4.42. The van der Waals surface area contributed by atoms with E-state index in [2.05, 4.69) is 64.6 Å². The summed E-state index contributed by atoms with van der Waals surface area (Å²) in [6, 6.07) is 6.29. The molecule has 0 aliphatic carbocycles. The van der Waals surface area contributed by atoms with Crippen LogP contribution in [0.25, 0.3) is 5.57 Å². The van der Waals surface area contributed by atoms with E-state index in [0.717, 1.165) is 16.6 Å². The van der Waals surface area contributed by atoms with Gasteiger partial charge >= 0.3 is 0 Å². The summed E-state index contributed by atoms with van der Waals surface area (Å²) in [5.41, 5.74) is 3.65. The van der Waals surface area contributed by atoms with E-state index >= 15 is 0 Å². The number of allylic oxidation sites excluding steroid dienone is 4. The lowest BCUT2D eigenvalue weighted by Crippen LogP contribution is -1.94. The van der Waals surface area contributed by atoms with Crippen LogP contribution in [0.5, 0.6) is 0 Å². The normalized spacial score (nSPS) is 12.1. The summed E-state index contributed by atoms with van der Waals surface area (Å²) in [5.74, 6) is 0. The van der Waals surface area contributed by atoms with Crippen molar-refractivity contribution in [2.75, 3.05) is 12.4 Å². The smallest absolute Gasteiger partial charge is 0.0417 e. The van der Waals surface area contributed by atoms with Crippen LogP contribution in [0.3, 0.4) is 0 Å². The molecule has 1 N–H and O–H groups in total. The molecule has 1 rings (SSSR count). The van der Waals surface area contributed by atoms with E-state index in [1.807, 2.05) is 14.0 Å². The van der Waals surface area contributed by atoms with Crippen LogP contribution in [0.2, 0.25) is 0 Å². The molecule has 1 aromatic carbocycles. The van der Waals surface area contributed by atoms with E-state index < -0.39 is 0 Å². The maximum atomic E-state index is 3.52. The highest BCUT2D eigenvalue weighted by molar-refractivity contribution is 9.10. The highest BCUT2D eigenvalue weighted by Crippen LogP contribution is 2.28. The number of rotatable bonds is 4. The molecule has 0 heterocycles. The molecule has 0 atom stereocenters. The quantitative estimate of drug-likeness (QED) is 0.776. The van der Waals surface area contributed by atoms with Crippen LogP contribution >= 0.6 is 15.9 Å². The molecule has 0 unspecified atom stereocenters. The van der Waals surface area contributed by atoms with Gasteiger partial charge in [-0.3, -0.25) is 0 Å². The summed E-state index contributed by atoms with van der Waals surface area (Å²) >= 11 is 3.52. The van der Waals surface area contributed by atoms with Gasteiger partial charge in [0.15, 0.2) is 0 Å². The van der Waals surface area contributed by atoms with Crippen molar-refractivity contribution in [3.8, 4) is 0 Å². The fourth-order valence-corrected chi connectivity index (χ4v) is 2.00. The lowest BCUT2D eigenvalue weighted by atomic mass is 10.0. The molecular weight excluding hydrogens is 262 g/mol. The van der Waals surface area contributed by atoms with Gasteiger partial charge < -0.3 is 5.32 Å². The molecule has 1 nitrogen and oxygen atoms in total. The average molecular weight is 280 g/mol. The zero-order valence-electron chi connectivity index (χ0n) is 10.0. The molecule has 16 heavy (non-hydrogen) atoms. The Hall–Kier alpha value is -1.02. The van der Waals surface area contributed by atoms with Crippen molar-refractivity contribution in [1.29, 1.82) is 0 Å². The molecule has 86 valence electrons. The molecule has 0 radical (unpaired) electrons. The van der Waals surface area contributed by atoms with Gasteiger partial charge in [0.2, 0.25) is 0 Å². The van der Waals surface area contributed by atoms with Crippen molar-refractivity contribution in [3.05, 3.63) is 46.5 Å². The minimum absolute atomic E-state index is 1.04. The Bertz CT molecular complexity index is 405. The van der Waals surface area contributed by atoms with Gasteiger partial charge in [0.25, 0.3) is 0 Å². The van der Waals surface area contributed by atoms with Crippen LogP contribution in [0.15, 0.2) is 40.9 Å². The van der Waals surface area contributed by atoms with Gasteiger partial charge in [-0.2, -0.15) is 0 Å². The monoisotopic (exact) mass is 279 g/mol. The topological polar surface area (TPSA) is 12.0 Å². The molecular formula is C14H18BrN. The first-order valence-corrected chi connectivity index (χ1v) is 6.32. The minimum Gasteiger partial charge on any atom is -0.388 e. The Morgan fingerprint density at radius 1 is 1.44 bits per heavy atom. The molecule has 0 aliphatic heterocycles. The van der Waals surface area contributed by atoms with Crippen LogP contribution in [0.1, 0.15) is 25.8 Å². The minimum atomic E-state index is 1.04. The Balaban J connectivity index is 3.26. The van der Waals surface area contributed by atoms with Crippen molar-refractivity contribution >= 4 is 27.2 Å². The van der Waals surface area contributed by atoms with Gasteiger partial charge in [0, 0.05) is 22.8 Å².